The highest BCUT2D eigenvalue weighted by Crippen LogP contribution is 2.37. The van der Waals surface area contributed by atoms with Crippen molar-refractivity contribution < 1.29 is 18.3 Å². The van der Waals surface area contributed by atoms with Gasteiger partial charge in [0.05, 0.1) is 6.07 Å². The summed E-state index contributed by atoms with van der Waals surface area (Å²) >= 11 is 0. The molecule has 0 saturated carbocycles. The van der Waals surface area contributed by atoms with Gasteiger partial charge in [0.25, 0.3) is 0 Å². The lowest BCUT2D eigenvalue weighted by molar-refractivity contribution is -0.253. The van der Waals surface area contributed by atoms with Gasteiger partial charge in [-0.2, -0.15) is 18.4 Å². The molecule has 3 nitrogen and oxygen atoms in total. The molecule has 1 unspecified atom stereocenters. The number of hydrogen-bond acceptors (Lipinski definition) is 3. The van der Waals surface area contributed by atoms with E-state index in [4.69, 9.17) is 5.26 Å². The summed E-state index contributed by atoms with van der Waals surface area (Å²) in [6.07, 6.45) is -2.99. The van der Waals surface area contributed by atoms with E-state index in [2.05, 4.69) is 0 Å². The number of β-amino-alcohol motifs (C(OH)–C–C–N with tert-alkyl or cyclic N) is 1. The highest BCUT2D eigenvalue weighted by molar-refractivity contribution is 4.95. The molecule has 6 heteroatoms. The molecule has 16 heavy (non-hydrogen) atoms. The van der Waals surface area contributed by atoms with E-state index in [0.717, 1.165) is 0 Å². The van der Waals surface area contributed by atoms with Crippen molar-refractivity contribution in [1.29, 1.82) is 5.26 Å². The first kappa shape index (κ1) is 13.3. The van der Waals surface area contributed by atoms with E-state index in [1.165, 1.54) is 0 Å². The quantitative estimate of drug-likeness (QED) is 0.755. The van der Waals surface area contributed by atoms with Gasteiger partial charge in [-0.25, -0.2) is 0 Å². The summed E-state index contributed by atoms with van der Waals surface area (Å²) in [5.41, 5.74) is -2.54. The van der Waals surface area contributed by atoms with E-state index in [0.29, 0.717) is 25.8 Å². The molecule has 1 N–H and O–H groups in total. The first-order chi connectivity index (χ1) is 7.39. The number of likely N-dealkylation sites (tertiary alicyclic amines) is 1. The first-order valence-corrected chi connectivity index (χ1v) is 5.27. The van der Waals surface area contributed by atoms with Crippen LogP contribution >= 0.6 is 0 Å². The SMILES string of the molecule is N#CCCCCN1CCC(O)(C(F)(F)F)C1. The zero-order valence-electron chi connectivity index (χ0n) is 8.93. The molecule has 1 aliphatic heterocycles. The molecule has 0 aromatic carbocycles. The highest BCUT2D eigenvalue weighted by atomic mass is 19.4. The van der Waals surface area contributed by atoms with Crippen LogP contribution < -0.4 is 0 Å². The number of nitrogens with zero attached hydrogens (tertiary/aromatic N) is 2. The molecule has 0 bridgehead atoms. The van der Waals surface area contributed by atoms with Crippen molar-refractivity contribution in [3.05, 3.63) is 0 Å². The molecule has 1 rings (SSSR count). The molecule has 0 radical (unpaired) electrons. The molecule has 0 spiro atoms. The maximum absolute atomic E-state index is 12.4. The largest absolute Gasteiger partial charge is 0.418 e. The van der Waals surface area contributed by atoms with E-state index in [-0.39, 0.29) is 19.5 Å². The lowest BCUT2D eigenvalue weighted by Crippen LogP contribution is -2.47. The van der Waals surface area contributed by atoms with E-state index >= 15 is 0 Å². The summed E-state index contributed by atoms with van der Waals surface area (Å²) in [4.78, 5) is 1.60. The van der Waals surface area contributed by atoms with Crippen LogP contribution in [0.4, 0.5) is 13.2 Å². The van der Waals surface area contributed by atoms with Crippen LogP contribution in [-0.2, 0) is 0 Å². The van der Waals surface area contributed by atoms with Crippen molar-refractivity contribution in [2.45, 2.75) is 37.5 Å². The fraction of sp³-hybridized carbons (Fsp3) is 0.900. The molecule has 1 aliphatic rings. The lowest BCUT2D eigenvalue weighted by Gasteiger charge is -2.26. The normalized spacial score (nSPS) is 26.9. The summed E-state index contributed by atoms with van der Waals surface area (Å²) in [5.74, 6) is 0. The van der Waals surface area contributed by atoms with Gasteiger partial charge < -0.3 is 10.0 Å². The Morgan fingerprint density at radius 3 is 2.56 bits per heavy atom. The van der Waals surface area contributed by atoms with Crippen molar-refractivity contribution in [3.63, 3.8) is 0 Å². The van der Waals surface area contributed by atoms with E-state index in [9.17, 15) is 18.3 Å². The van der Waals surface area contributed by atoms with Gasteiger partial charge >= 0.3 is 6.18 Å². The third-order valence-corrected chi connectivity index (χ3v) is 2.87. The Hall–Kier alpha value is -0.800. The minimum Gasteiger partial charge on any atom is -0.379 e. The fourth-order valence-electron chi connectivity index (χ4n) is 1.83. The van der Waals surface area contributed by atoms with Crippen molar-refractivity contribution in [3.8, 4) is 6.07 Å². The van der Waals surface area contributed by atoms with Crippen molar-refractivity contribution in [2.24, 2.45) is 0 Å². The Morgan fingerprint density at radius 2 is 2.06 bits per heavy atom. The van der Waals surface area contributed by atoms with Crippen LogP contribution in [0.5, 0.6) is 0 Å². The molecule has 1 atom stereocenters. The summed E-state index contributed by atoms with van der Waals surface area (Å²) in [7, 11) is 0. The molecule has 1 fully saturated rings. The van der Waals surface area contributed by atoms with Gasteiger partial charge in [-0.05, 0) is 25.8 Å². The molecule has 0 aromatic heterocycles. The van der Waals surface area contributed by atoms with Gasteiger partial charge in [0, 0.05) is 19.5 Å². The smallest absolute Gasteiger partial charge is 0.379 e. The minimum absolute atomic E-state index is 0.255. The van der Waals surface area contributed by atoms with Crippen LogP contribution in [-0.4, -0.2) is 41.4 Å². The van der Waals surface area contributed by atoms with Gasteiger partial charge in [0.15, 0.2) is 5.60 Å². The number of hydrogen-bond donors (Lipinski definition) is 1. The number of unbranched alkanes of at least 4 members (excludes halogenated alkanes) is 2. The number of halogens is 3. The van der Waals surface area contributed by atoms with E-state index in [1.807, 2.05) is 6.07 Å². The zero-order chi connectivity index (χ0) is 12.2. The van der Waals surface area contributed by atoms with Crippen molar-refractivity contribution in [2.75, 3.05) is 19.6 Å². The molecular weight excluding hydrogens is 221 g/mol. The molecule has 0 aliphatic carbocycles. The maximum atomic E-state index is 12.4. The van der Waals surface area contributed by atoms with E-state index < -0.39 is 11.8 Å². The van der Waals surface area contributed by atoms with Crippen LogP contribution in [0.1, 0.15) is 25.7 Å². The Morgan fingerprint density at radius 1 is 1.38 bits per heavy atom. The average Bonchev–Trinajstić information content (AvgIpc) is 2.56. The molecule has 92 valence electrons. The summed E-state index contributed by atoms with van der Waals surface area (Å²) < 4.78 is 37.3. The van der Waals surface area contributed by atoms with Crippen LogP contribution in [0.15, 0.2) is 0 Å². The Bertz CT molecular complexity index is 274. The summed E-state index contributed by atoms with van der Waals surface area (Å²) in [6, 6.07) is 1.99. The third kappa shape index (κ3) is 3.09. The number of alkyl halides is 3. The highest BCUT2D eigenvalue weighted by Gasteiger charge is 2.56. The topological polar surface area (TPSA) is 47.3 Å². The predicted molar refractivity (Wildman–Crippen MR) is 51.5 cm³/mol. The standard InChI is InChI=1S/C10H15F3N2O/c11-10(12,13)9(16)4-7-15(8-9)6-3-1-2-5-14/h16H,1-4,6-8H2. The Labute approximate surface area is 92.5 Å². The molecule has 0 aromatic rings. The van der Waals surface area contributed by atoms with Crippen molar-refractivity contribution in [1.82, 2.24) is 4.90 Å². The predicted octanol–water partition coefficient (Wildman–Crippen LogP) is 1.68. The third-order valence-electron chi connectivity index (χ3n) is 2.87. The Kier molecular flexibility index (Phi) is 4.16. The van der Waals surface area contributed by atoms with Gasteiger partial charge in [-0.1, -0.05) is 0 Å². The van der Waals surface area contributed by atoms with Crippen LogP contribution in [0, 0.1) is 11.3 Å². The number of aliphatic hydroxyl groups is 1. The number of nitriles is 1. The van der Waals surface area contributed by atoms with Gasteiger partial charge in [-0.3, -0.25) is 0 Å². The average molecular weight is 236 g/mol. The zero-order valence-corrected chi connectivity index (χ0v) is 8.93. The maximum Gasteiger partial charge on any atom is 0.418 e. The van der Waals surface area contributed by atoms with Gasteiger partial charge in [0.1, 0.15) is 0 Å². The fourth-order valence-corrected chi connectivity index (χ4v) is 1.83. The summed E-state index contributed by atoms with van der Waals surface area (Å²) in [6.45, 7) is 0.436. The van der Waals surface area contributed by atoms with Crippen LogP contribution in [0.3, 0.4) is 0 Å². The van der Waals surface area contributed by atoms with Gasteiger partial charge in [0.2, 0.25) is 0 Å². The van der Waals surface area contributed by atoms with E-state index in [1.54, 1.807) is 4.90 Å². The first-order valence-electron chi connectivity index (χ1n) is 5.27. The van der Waals surface area contributed by atoms with Gasteiger partial charge in [-0.15, -0.1) is 0 Å². The monoisotopic (exact) mass is 236 g/mol. The van der Waals surface area contributed by atoms with Crippen LogP contribution in [0.2, 0.25) is 0 Å². The second-order valence-corrected chi connectivity index (χ2v) is 4.17. The lowest BCUT2D eigenvalue weighted by atomic mass is 10.0. The minimum atomic E-state index is -4.55. The van der Waals surface area contributed by atoms with Crippen LogP contribution in [0.25, 0.3) is 0 Å². The molecule has 1 heterocycles. The number of rotatable bonds is 4. The molecule has 1 saturated heterocycles. The summed E-state index contributed by atoms with van der Waals surface area (Å²) in [5, 5.41) is 17.7. The molecular formula is C10H15F3N2O. The Balaban J connectivity index is 2.33. The van der Waals surface area contributed by atoms with Crippen molar-refractivity contribution >= 4 is 0 Å². The molecule has 0 amide bonds. The second-order valence-electron chi connectivity index (χ2n) is 4.17. The second kappa shape index (κ2) is 5.02.